The summed E-state index contributed by atoms with van der Waals surface area (Å²) in [7, 11) is 1.30. The number of imidazole rings is 2. The quantitative estimate of drug-likeness (QED) is 0.112. The lowest BCUT2D eigenvalue weighted by Gasteiger charge is -2.30. The van der Waals surface area contributed by atoms with Crippen LogP contribution in [0.1, 0.15) is 94.7 Å². The highest BCUT2D eigenvalue weighted by Gasteiger charge is 2.38. The summed E-state index contributed by atoms with van der Waals surface area (Å²) in [4.78, 5) is 59.1. The molecule has 325 valence electrons. The number of likely N-dealkylation sites (tertiary alicyclic amines) is 2. The number of fused-ring (bicyclic) bond motifs is 1. The number of alkyl carbamates (subject to hydrolysis) is 1. The molecule has 3 N–H and O–H groups in total. The molecule has 3 aliphatic rings. The highest BCUT2D eigenvalue weighted by atomic mass is 16.5. The van der Waals surface area contributed by atoms with Gasteiger partial charge in [0.15, 0.2) is 0 Å². The van der Waals surface area contributed by atoms with E-state index in [-0.39, 0.29) is 35.7 Å². The summed E-state index contributed by atoms with van der Waals surface area (Å²) in [6.45, 7) is 9.26. The zero-order valence-corrected chi connectivity index (χ0v) is 36.9. The molecule has 2 fully saturated rings. The monoisotopic (exact) mass is 845 g/mol. The Hall–Kier alpha value is -6.43. The Bertz CT molecular complexity index is 2600. The van der Waals surface area contributed by atoms with Gasteiger partial charge in [0.1, 0.15) is 17.7 Å². The normalized spacial score (nSPS) is 17.8. The number of amides is 3. The second kappa shape index (κ2) is 17.7. The zero-order chi connectivity index (χ0) is 43.8. The Morgan fingerprint density at radius 3 is 1.79 bits per heavy atom. The first-order valence-corrected chi connectivity index (χ1v) is 22.5. The standard InChI is InChI=1S/C51H57N8O4/c1-31(2)27-46(60)57-25-7-11-44(57)48-52-29-40(54-48)34-13-17-36(18-14-34)42-23-24-43(59(42)39-22-21-33-9-6-10-38(33)28-39)37-19-15-35(16-20-37)41-30-53-49(55-41)45-12-8-26-58(45)50(61)47(32(3)4)56-51(62)63-5/h13-24,27-32,44-45,47H,6-12,25-26H2,1-5H3,(H,52,54)(H,53,55)(H,56,62)/t44-,45-,47-/m0/s1. The Labute approximate surface area is 369 Å². The molecule has 0 unspecified atom stereocenters. The number of methoxy groups -OCH3 is 1. The maximum atomic E-state index is 13.7. The summed E-state index contributed by atoms with van der Waals surface area (Å²) in [5.41, 5.74) is 12.2. The second-order valence-corrected chi connectivity index (χ2v) is 17.9. The molecule has 5 heterocycles. The van der Waals surface area contributed by atoms with E-state index in [9.17, 15) is 14.4 Å². The lowest BCUT2D eigenvalue weighted by atomic mass is 10.0. The molecule has 3 aromatic heterocycles. The highest BCUT2D eigenvalue weighted by molar-refractivity contribution is 5.87. The Morgan fingerprint density at radius 1 is 0.698 bits per heavy atom. The first-order chi connectivity index (χ1) is 30.6. The van der Waals surface area contributed by atoms with Crippen LogP contribution in [-0.2, 0) is 27.2 Å². The third kappa shape index (κ3) is 8.43. The van der Waals surface area contributed by atoms with E-state index in [1.807, 2.05) is 49.9 Å². The molecular weight excluding hydrogens is 789 g/mol. The summed E-state index contributed by atoms with van der Waals surface area (Å²) < 4.78 is 7.17. The molecule has 9 rings (SSSR count). The molecule has 3 atom stereocenters. The van der Waals surface area contributed by atoms with Gasteiger partial charge in [-0.25, -0.2) is 14.8 Å². The molecule has 12 heteroatoms. The van der Waals surface area contributed by atoms with Crippen LogP contribution in [0.3, 0.4) is 0 Å². The molecule has 12 nitrogen and oxygen atoms in total. The summed E-state index contributed by atoms with van der Waals surface area (Å²) in [5, 5.41) is 2.73. The van der Waals surface area contributed by atoms with Crippen molar-refractivity contribution in [2.24, 2.45) is 11.8 Å². The average Bonchev–Trinajstić information content (AvgIpc) is 4.14. The van der Waals surface area contributed by atoms with Gasteiger partial charge in [-0.1, -0.05) is 82.3 Å². The van der Waals surface area contributed by atoms with Gasteiger partial charge in [-0.05, 0) is 114 Å². The van der Waals surface area contributed by atoms with Crippen molar-refractivity contribution in [2.45, 2.75) is 90.8 Å². The SMILES string of the molecule is COC(=O)N[C@H](C(=O)N1CCC[C@H]1c1ncc(-c2ccc(-c3ccc(-c4ccc(-c5cnc([C@@H]6CCCN6C(=O)[CH]C(C)C)[nH]5)cc4)n3-c3ccc4c(c3)CCC4)cc2)[nH]1)C(C)C. The van der Waals surface area contributed by atoms with Gasteiger partial charge < -0.3 is 34.4 Å². The average molecular weight is 846 g/mol. The molecule has 1 aliphatic carbocycles. The van der Waals surface area contributed by atoms with Crippen molar-refractivity contribution in [1.82, 2.24) is 39.6 Å². The Morgan fingerprint density at radius 2 is 1.24 bits per heavy atom. The number of aromatic nitrogens is 5. The van der Waals surface area contributed by atoms with Gasteiger partial charge in [0.25, 0.3) is 0 Å². The van der Waals surface area contributed by atoms with Gasteiger partial charge in [0.05, 0.1) is 60.8 Å². The zero-order valence-electron chi connectivity index (χ0n) is 36.9. The topological polar surface area (TPSA) is 141 Å². The third-order valence-electron chi connectivity index (χ3n) is 13.0. The fourth-order valence-corrected chi connectivity index (χ4v) is 9.70. The minimum Gasteiger partial charge on any atom is -0.453 e. The van der Waals surface area contributed by atoms with Gasteiger partial charge in [-0.3, -0.25) is 9.59 Å². The van der Waals surface area contributed by atoms with Crippen LogP contribution in [0, 0.1) is 18.3 Å². The molecule has 3 amide bonds. The molecule has 63 heavy (non-hydrogen) atoms. The van der Waals surface area contributed by atoms with Gasteiger partial charge in [0.2, 0.25) is 11.8 Å². The lowest BCUT2D eigenvalue weighted by molar-refractivity contribution is -0.135. The van der Waals surface area contributed by atoms with E-state index in [0.29, 0.717) is 6.54 Å². The van der Waals surface area contributed by atoms with Crippen LogP contribution in [0.2, 0.25) is 0 Å². The maximum Gasteiger partial charge on any atom is 0.407 e. The van der Waals surface area contributed by atoms with Crippen LogP contribution >= 0.6 is 0 Å². The van der Waals surface area contributed by atoms with E-state index in [0.717, 1.165) is 107 Å². The van der Waals surface area contributed by atoms with Gasteiger partial charge >= 0.3 is 6.09 Å². The summed E-state index contributed by atoms with van der Waals surface area (Å²) in [6.07, 6.45) is 11.8. The molecule has 6 aromatic rings. The first kappa shape index (κ1) is 41.9. The van der Waals surface area contributed by atoms with Crippen LogP contribution in [0.25, 0.3) is 50.7 Å². The summed E-state index contributed by atoms with van der Waals surface area (Å²) in [6, 6.07) is 27.6. The minimum absolute atomic E-state index is 0.0393. The minimum atomic E-state index is -0.687. The van der Waals surface area contributed by atoms with Crippen molar-refractivity contribution < 1.29 is 19.1 Å². The van der Waals surface area contributed by atoms with E-state index >= 15 is 0 Å². The maximum absolute atomic E-state index is 13.7. The lowest BCUT2D eigenvalue weighted by Crippen LogP contribution is -2.51. The van der Waals surface area contributed by atoms with Gasteiger partial charge in [0, 0.05) is 18.8 Å². The fourth-order valence-electron chi connectivity index (χ4n) is 9.70. The van der Waals surface area contributed by atoms with Gasteiger partial charge in [-0.2, -0.15) is 0 Å². The molecule has 2 saturated heterocycles. The Kier molecular flexibility index (Phi) is 11.8. The van der Waals surface area contributed by atoms with E-state index in [1.165, 1.54) is 24.7 Å². The number of nitrogens with one attached hydrogen (secondary N) is 3. The highest BCUT2D eigenvalue weighted by Crippen LogP contribution is 2.38. The predicted octanol–water partition coefficient (Wildman–Crippen LogP) is 9.65. The number of ether oxygens (including phenoxy) is 1. The number of carbonyl (C=O) groups excluding carboxylic acids is 3. The number of H-pyrrole nitrogens is 2. The summed E-state index contributed by atoms with van der Waals surface area (Å²) in [5.74, 6) is 1.63. The van der Waals surface area contributed by atoms with E-state index in [2.05, 4.69) is 98.7 Å². The molecular formula is C51H57N8O4. The molecule has 1 radical (unpaired) electrons. The van der Waals surface area contributed by atoms with Crippen molar-refractivity contribution in [3.8, 4) is 50.7 Å². The van der Waals surface area contributed by atoms with Crippen LogP contribution in [0.4, 0.5) is 4.79 Å². The van der Waals surface area contributed by atoms with Crippen LogP contribution in [0.15, 0.2) is 91.3 Å². The van der Waals surface area contributed by atoms with Crippen molar-refractivity contribution >= 4 is 17.9 Å². The van der Waals surface area contributed by atoms with E-state index < -0.39 is 12.1 Å². The largest absolute Gasteiger partial charge is 0.453 e. The fraction of sp³-hybridized carbons (Fsp3) is 0.373. The third-order valence-corrected chi connectivity index (χ3v) is 13.0. The van der Waals surface area contributed by atoms with E-state index in [4.69, 9.17) is 14.7 Å². The molecule has 3 aromatic carbocycles. The van der Waals surface area contributed by atoms with Crippen LogP contribution < -0.4 is 5.32 Å². The van der Waals surface area contributed by atoms with Gasteiger partial charge in [-0.15, -0.1) is 0 Å². The number of carbonyl (C=O) groups is 3. The molecule has 0 spiro atoms. The molecule has 0 saturated carbocycles. The number of aromatic amines is 2. The van der Waals surface area contributed by atoms with Crippen molar-refractivity contribution in [2.75, 3.05) is 20.2 Å². The Balaban J connectivity index is 0.970. The van der Waals surface area contributed by atoms with Crippen molar-refractivity contribution in [1.29, 1.82) is 0 Å². The number of benzene rings is 3. The van der Waals surface area contributed by atoms with E-state index in [1.54, 1.807) is 6.42 Å². The molecule has 0 bridgehead atoms. The number of hydrogen-bond acceptors (Lipinski definition) is 6. The second-order valence-electron chi connectivity index (χ2n) is 17.9. The van der Waals surface area contributed by atoms with Crippen LogP contribution in [0.5, 0.6) is 0 Å². The number of aryl methyl sites for hydroxylation is 2. The van der Waals surface area contributed by atoms with Crippen molar-refractivity contribution in [3.63, 3.8) is 0 Å². The van der Waals surface area contributed by atoms with Crippen molar-refractivity contribution in [3.05, 3.63) is 120 Å². The number of rotatable bonds is 12. The van der Waals surface area contributed by atoms with Crippen LogP contribution in [-0.4, -0.2) is 78.5 Å². The number of nitrogens with zero attached hydrogens (tertiary/aromatic N) is 5. The summed E-state index contributed by atoms with van der Waals surface area (Å²) >= 11 is 0. The number of hydrogen-bond donors (Lipinski definition) is 3. The molecule has 2 aliphatic heterocycles. The smallest absolute Gasteiger partial charge is 0.407 e. The first-order valence-electron chi connectivity index (χ1n) is 22.5. The predicted molar refractivity (Wildman–Crippen MR) is 245 cm³/mol.